The second-order valence-electron chi connectivity index (χ2n) is 6.91. The highest BCUT2D eigenvalue weighted by atomic mass is 32.2. The first-order chi connectivity index (χ1) is 14.4. The fraction of sp³-hybridized carbons (Fsp3) is 0.421. The van der Waals surface area contributed by atoms with Crippen molar-refractivity contribution in [2.45, 2.75) is 36.1 Å². The highest BCUT2D eigenvalue weighted by molar-refractivity contribution is 8.00. The van der Waals surface area contributed by atoms with Crippen molar-refractivity contribution in [2.75, 3.05) is 30.3 Å². The van der Waals surface area contributed by atoms with Crippen LogP contribution in [0.4, 0.5) is 5.69 Å². The van der Waals surface area contributed by atoms with E-state index in [-0.39, 0.29) is 35.4 Å². The second kappa shape index (κ2) is 8.40. The van der Waals surface area contributed by atoms with Crippen LogP contribution in [0.15, 0.2) is 38.6 Å². The summed E-state index contributed by atoms with van der Waals surface area (Å²) in [5.41, 5.74) is 0.530. The van der Waals surface area contributed by atoms with Crippen LogP contribution in [0.25, 0.3) is 0 Å². The van der Waals surface area contributed by atoms with Crippen LogP contribution >= 0.6 is 11.8 Å². The molecule has 1 fully saturated rings. The highest BCUT2D eigenvalue weighted by Crippen LogP contribution is 2.38. The van der Waals surface area contributed by atoms with E-state index >= 15 is 0 Å². The molecular formula is C19H21N3O6S2. The zero-order valence-corrected chi connectivity index (χ0v) is 18.0. The molecule has 0 atom stereocenters. The van der Waals surface area contributed by atoms with Crippen LogP contribution in [-0.2, 0) is 26.1 Å². The number of ether oxygens (including phenoxy) is 1. The van der Waals surface area contributed by atoms with Gasteiger partial charge in [0.05, 0.1) is 29.5 Å². The zero-order valence-electron chi connectivity index (χ0n) is 16.4. The third-order valence-corrected chi connectivity index (χ3v) is 7.88. The Morgan fingerprint density at radius 2 is 2.03 bits per heavy atom. The molecule has 160 valence electrons. The molecule has 3 heterocycles. The molecule has 0 unspecified atom stereocenters. The fourth-order valence-corrected chi connectivity index (χ4v) is 5.89. The van der Waals surface area contributed by atoms with Crippen molar-refractivity contribution in [1.29, 1.82) is 0 Å². The molecule has 0 N–H and O–H groups in total. The van der Waals surface area contributed by atoms with Crippen LogP contribution in [0.1, 0.15) is 36.0 Å². The molecular weight excluding hydrogens is 430 g/mol. The van der Waals surface area contributed by atoms with Crippen molar-refractivity contribution < 1.29 is 27.3 Å². The van der Waals surface area contributed by atoms with Crippen LogP contribution in [0.5, 0.6) is 0 Å². The molecule has 4 rings (SSSR count). The lowest BCUT2D eigenvalue weighted by molar-refractivity contribution is -0.116. The van der Waals surface area contributed by atoms with Crippen molar-refractivity contribution in [3.8, 4) is 0 Å². The third kappa shape index (κ3) is 3.96. The van der Waals surface area contributed by atoms with Crippen molar-refractivity contribution >= 4 is 39.3 Å². The number of sulfonamides is 1. The Bertz CT molecular complexity index is 1080. The number of anilines is 1. The molecule has 2 aromatic rings. The van der Waals surface area contributed by atoms with Gasteiger partial charge in [0.15, 0.2) is 11.5 Å². The molecule has 2 aliphatic heterocycles. The molecule has 30 heavy (non-hydrogen) atoms. The van der Waals surface area contributed by atoms with E-state index in [9.17, 15) is 18.0 Å². The van der Waals surface area contributed by atoms with Gasteiger partial charge in [-0.3, -0.25) is 4.79 Å². The van der Waals surface area contributed by atoms with E-state index in [0.717, 1.165) is 17.7 Å². The maximum absolute atomic E-state index is 12.9. The summed E-state index contributed by atoms with van der Waals surface area (Å²) in [6.45, 7) is 2.95. The monoisotopic (exact) mass is 451 g/mol. The van der Waals surface area contributed by atoms with Crippen molar-refractivity contribution in [2.24, 2.45) is 0 Å². The number of fused-ring (bicyclic) bond motifs is 1. The number of carbonyl (C=O) groups is 2. The van der Waals surface area contributed by atoms with Gasteiger partial charge in [-0.1, -0.05) is 5.16 Å². The van der Waals surface area contributed by atoms with Gasteiger partial charge in [0.1, 0.15) is 0 Å². The van der Waals surface area contributed by atoms with Gasteiger partial charge >= 0.3 is 5.97 Å². The number of benzene rings is 1. The maximum Gasteiger partial charge on any atom is 0.360 e. The predicted octanol–water partition coefficient (Wildman–Crippen LogP) is 2.27. The minimum Gasteiger partial charge on any atom is -0.461 e. The summed E-state index contributed by atoms with van der Waals surface area (Å²) >= 11 is 1.36. The highest BCUT2D eigenvalue weighted by Gasteiger charge is 2.31. The average molecular weight is 452 g/mol. The Morgan fingerprint density at radius 3 is 2.77 bits per heavy atom. The average Bonchev–Trinajstić information content (AvgIpc) is 3.42. The number of aromatic nitrogens is 1. The summed E-state index contributed by atoms with van der Waals surface area (Å²) in [5.74, 6) is -0.258. The van der Waals surface area contributed by atoms with Crippen molar-refractivity contribution in [3.05, 3.63) is 35.7 Å². The van der Waals surface area contributed by atoms with Gasteiger partial charge in [-0.05, 0) is 38.0 Å². The van der Waals surface area contributed by atoms with Gasteiger partial charge in [-0.15, -0.1) is 11.8 Å². The van der Waals surface area contributed by atoms with Crippen molar-refractivity contribution in [1.82, 2.24) is 9.46 Å². The van der Waals surface area contributed by atoms with Crippen LogP contribution in [0.2, 0.25) is 0 Å². The summed E-state index contributed by atoms with van der Waals surface area (Å²) in [7, 11) is -3.61. The lowest BCUT2D eigenvalue weighted by Crippen LogP contribution is -2.35. The first-order valence-corrected chi connectivity index (χ1v) is 12.0. The van der Waals surface area contributed by atoms with Gasteiger partial charge in [-0.25, -0.2) is 13.2 Å². The smallest absolute Gasteiger partial charge is 0.360 e. The first-order valence-electron chi connectivity index (χ1n) is 9.60. The molecule has 0 bridgehead atoms. The van der Waals surface area contributed by atoms with Crippen LogP contribution < -0.4 is 4.90 Å². The summed E-state index contributed by atoms with van der Waals surface area (Å²) in [5, 5.41) is 3.70. The van der Waals surface area contributed by atoms with Gasteiger partial charge in [0.2, 0.25) is 15.9 Å². The minimum absolute atomic E-state index is 0.0243. The van der Waals surface area contributed by atoms with Crippen LogP contribution in [0.3, 0.4) is 0 Å². The number of amides is 1. The van der Waals surface area contributed by atoms with Gasteiger partial charge < -0.3 is 14.2 Å². The fourth-order valence-electron chi connectivity index (χ4n) is 3.44. The Kier molecular flexibility index (Phi) is 5.85. The Balaban J connectivity index is 1.63. The Hall–Kier alpha value is -2.37. The maximum atomic E-state index is 12.9. The topological polar surface area (TPSA) is 110 Å². The Labute approximate surface area is 178 Å². The van der Waals surface area contributed by atoms with Gasteiger partial charge in [0.25, 0.3) is 0 Å². The number of thioether (sulfide) groups is 1. The summed E-state index contributed by atoms with van der Waals surface area (Å²) in [6.07, 6.45) is 1.69. The van der Waals surface area contributed by atoms with E-state index in [4.69, 9.17) is 9.26 Å². The largest absolute Gasteiger partial charge is 0.461 e. The normalized spacial score (nSPS) is 17.2. The minimum atomic E-state index is -3.61. The van der Waals surface area contributed by atoms with E-state index in [1.807, 2.05) is 0 Å². The van der Waals surface area contributed by atoms with Gasteiger partial charge in [-0.2, -0.15) is 4.31 Å². The third-order valence-electron chi connectivity index (χ3n) is 4.93. The van der Waals surface area contributed by atoms with Crippen LogP contribution in [-0.4, -0.2) is 55.2 Å². The molecule has 1 saturated heterocycles. The van der Waals surface area contributed by atoms with E-state index in [2.05, 4.69) is 5.16 Å². The number of carbonyl (C=O) groups excluding carboxylic acids is 2. The number of rotatable bonds is 6. The molecule has 2 aliphatic rings. The van der Waals surface area contributed by atoms with E-state index in [1.54, 1.807) is 19.1 Å². The summed E-state index contributed by atoms with van der Waals surface area (Å²) in [4.78, 5) is 26.8. The van der Waals surface area contributed by atoms with E-state index in [0.29, 0.717) is 24.5 Å². The molecule has 0 aliphatic carbocycles. The number of hydrogen-bond acceptors (Lipinski definition) is 8. The number of hydrogen-bond donors (Lipinski definition) is 0. The molecule has 9 nitrogen and oxygen atoms in total. The van der Waals surface area contributed by atoms with Crippen LogP contribution in [0, 0.1) is 0 Å². The molecule has 1 amide bonds. The standard InChI is InChI=1S/C19H21N3O6S2/c1-2-27-19(24)15-9-13(28-20-15)11-22-16-10-14(5-6-17(16)29-12-18(22)23)30(25,26)21-7-3-4-8-21/h5-6,9-10H,2-4,7-8,11-12H2,1H3. The molecule has 11 heteroatoms. The molecule has 1 aromatic heterocycles. The lowest BCUT2D eigenvalue weighted by atomic mass is 10.2. The van der Waals surface area contributed by atoms with E-state index < -0.39 is 16.0 Å². The van der Waals surface area contributed by atoms with E-state index in [1.165, 1.54) is 33.1 Å². The SMILES string of the molecule is CCOC(=O)c1cc(CN2C(=O)CSc3ccc(S(=O)(=O)N4CCCC4)cc32)on1. The zero-order chi connectivity index (χ0) is 21.3. The number of esters is 1. The second-order valence-corrected chi connectivity index (χ2v) is 9.86. The molecule has 0 spiro atoms. The first kappa shape index (κ1) is 20.9. The molecule has 0 radical (unpaired) electrons. The number of nitrogens with zero attached hydrogens (tertiary/aromatic N) is 3. The molecule has 0 saturated carbocycles. The lowest BCUT2D eigenvalue weighted by Gasteiger charge is -2.29. The summed E-state index contributed by atoms with van der Waals surface area (Å²) in [6, 6.07) is 6.28. The molecule has 1 aromatic carbocycles. The van der Waals surface area contributed by atoms with Gasteiger partial charge in [0, 0.05) is 24.1 Å². The quantitative estimate of drug-likeness (QED) is 0.615. The van der Waals surface area contributed by atoms with Crippen molar-refractivity contribution in [3.63, 3.8) is 0 Å². The summed E-state index contributed by atoms with van der Waals surface area (Å²) < 4.78 is 37.4. The predicted molar refractivity (Wildman–Crippen MR) is 109 cm³/mol. The Morgan fingerprint density at radius 1 is 1.27 bits per heavy atom.